The lowest BCUT2D eigenvalue weighted by Gasteiger charge is -2.05. The van der Waals surface area contributed by atoms with E-state index in [2.05, 4.69) is 11.9 Å². The van der Waals surface area contributed by atoms with Crippen LogP contribution < -0.4 is 0 Å². The predicted molar refractivity (Wildman–Crippen MR) is 68.6 cm³/mol. The molecular weight excluding hydrogens is 226 g/mol. The fraction of sp³-hybridized carbons (Fsp3) is 0.200. The van der Waals surface area contributed by atoms with Gasteiger partial charge < -0.3 is 4.74 Å². The molecule has 3 rings (SSSR count). The van der Waals surface area contributed by atoms with Crippen molar-refractivity contribution in [1.82, 2.24) is 4.98 Å². The Kier molecular flexibility index (Phi) is 2.40. The van der Waals surface area contributed by atoms with E-state index in [1.807, 2.05) is 30.6 Å². The van der Waals surface area contributed by atoms with E-state index < -0.39 is 0 Å². The van der Waals surface area contributed by atoms with Gasteiger partial charge in [-0.05, 0) is 46.9 Å². The number of ether oxygens (including phenoxy) is 1. The topological polar surface area (TPSA) is 39.2 Å². The first-order chi connectivity index (χ1) is 8.70. The van der Waals surface area contributed by atoms with Gasteiger partial charge in [-0.1, -0.05) is 6.07 Å². The molecule has 0 radical (unpaired) electrons. The molecule has 1 aliphatic rings. The van der Waals surface area contributed by atoms with Gasteiger partial charge in [0.2, 0.25) is 0 Å². The van der Waals surface area contributed by atoms with Gasteiger partial charge in [-0.3, -0.25) is 4.98 Å². The maximum Gasteiger partial charge on any atom is 0.337 e. The lowest BCUT2D eigenvalue weighted by atomic mass is 10.0. The van der Waals surface area contributed by atoms with Crippen LogP contribution in [-0.2, 0) is 11.2 Å². The highest BCUT2D eigenvalue weighted by atomic mass is 16.5. The third-order valence-corrected chi connectivity index (χ3v) is 3.39. The minimum Gasteiger partial charge on any atom is -0.465 e. The Hall–Kier alpha value is -2.16. The number of nitrogens with zero attached hydrogens (tertiary/aromatic N) is 1. The van der Waals surface area contributed by atoms with E-state index in [1.54, 1.807) is 0 Å². The molecule has 0 saturated heterocycles. The molecule has 0 saturated carbocycles. The summed E-state index contributed by atoms with van der Waals surface area (Å²) in [5.41, 5.74) is 6.65. The fourth-order valence-corrected chi connectivity index (χ4v) is 2.57. The zero-order chi connectivity index (χ0) is 12.7. The van der Waals surface area contributed by atoms with Gasteiger partial charge in [-0.25, -0.2) is 4.79 Å². The molecule has 1 heterocycles. The minimum absolute atomic E-state index is 0.288. The van der Waals surface area contributed by atoms with E-state index in [0.29, 0.717) is 5.56 Å². The molecule has 0 aliphatic heterocycles. The van der Waals surface area contributed by atoms with Crippen molar-refractivity contribution in [3.8, 4) is 11.1 Å². The first-order valence-corrected chi connectivity index (χ1v) is 5.86. The number of methoxy groups -OCH3 is 1. The number of carbonyl (C=O) groups is 1. The number of hydrogen-bond acceptors (Lipinski definition) is 3. The van der Waals surface area contributed by atoms with E-state index in [1.165, 1.54) is 34.9 Å². The highest BCUT2D eigenvalue weighted by Gasteiger charge is 2.21. The monoisotopic (exact) mass is 239 g/mol. The van der Waals surface area contributed by atoms with Crippen LogP contribution in [0.5, 0.6) is 0 Å². The van der Waals surface area contributed by atoms with Crippen molar-refractivity contribution in [3.05, 3.63) is 52.8 Å². The van der Waals surface area contributed by atoms with Crippen molar-refractivity contribution in [2.75, 3.05) is 7.11 Å². The molecule has 0 unspecified atom stereocenters. The van der Waals surface area contributed by atoms with Gasteiger partial charge in [0.05, 0.1) is 12.7 Å². The van der Waals surface area contributed by atoms with E-state index >= 15 is 0 Å². The Labute approximate surface area is 105 Å². The lowest BCUT2D eigenvalue weighted by Crippen LogP contribution is -2.01. The zero-order valence-electron chi connectivity index (χ0n) is 10.4. The highest BCUT2D eigenvalue weighted by Crippen LogP contribution is 2.38. The molecule has 90 valence electrons. The molecule has 0 fully saturated rings. The number of aromatic nitrogens is 1. The normalized spacial score (nSPS) is 11.9. The largest absolute Gasteiger partial charge is 0.465 e. The second-order valence-corrected chi connectivity index (χ2v) is 4.53. The molecule has 0 amide bonds. The molecule has 0 atom stereocenters. The summed E-state index contributed by atoms with van der Waals surface area (Å²) >= 11 is 0. The van der Waals surface area contributed by atoms with Crippen molar-refractivity contribution >= 4 is 5.97 Å². The second-order valence-electron chi connectivity index (χ2n) is 4.53. The van der Waals surface area contributed by atoms with Gasteiger partial charge in [0.25, 0.3) is 0 Å². The third kappa shape index (κ3) is 1.51. The van der Waals surface area contributed by atoms with Crippen LogP contribution in [0.4, 0.5) is 0 Å². The molecule has 1 aliphatic carbocycles. The minimum atomic E-state index is -0.288. The number of benzene rings is 1. The summed E-state index contributed by atoms with van der Waals surface area (Å²) in [6.45, 7) is 2.06. The van der Waals surface area contributed by atoms with Crippen LogP contribution in [-0.4, -0.2) is 18.1 Å². The number of rotatable bonds is 1. The first-order valence-electron chi connectivity index (χ1n) is 5.86. The molecule has 1 aromatic heterocycles. The van der Waals surface area contributed by atoms with Gasteiger partial charge >= 0.3 is 5.97 Å². The quantitative estimate of drug-likeness (QED) is 0.613. The van der Waals surface area contributed by atoms with E-state index in [0.717, 1.165) is 6.42 Å². The number of aryl methyl sites for hydroxylation is 1. The molecule has 0 N–H and O–H groups in total. The molecular formula is C15H13NO2. The van der Waals surface area contributed by atoms with Crippen molar-refractivity contribution in [2.45, 2.75) is 13.3 Å². The van der Waals surface area contributed by atoms with Gasteiger partial charge in [0.1, 0.15) is 0 Å². The SMILES string of the molecule is COC(=O)c1ccc2c(c1)Cc1cncc(C)c1-2. The maximum atomic E-state index is 11.5. The fourth-order valence-electron chi connectivity index (χ4n) is 2.57. The molecule has 18 heavy (non-hydrogen) atoms. The van der Waals surface area contributed by atoms with Gasteiger partial charge in [0, 0.05) is 18.8 Å². The number of carbonyl (C=O) groups excluding carboxylic acids is 1. The van der Waals surface area contributed by atoms with Gasteiger partial charge in [-0.15, -0.1) is 0 Å². The average molecular weight is 239 g/mol. The Balaban J connectivity index is 2.14. The smallest absolute Gasteiger partial charge is 0.337 e. The van der Waals surface area contributed by atoms with Crippen molar-refractivity contribution < 1.29 is 9.53 Å². The van der Waals surface area contributed by atoms with Crippen LogP contribution in [0.3, 0.4) is 0 Å². The van der Waals surface area contributed by atoms with Crippen LogP contribution in [0.15, 0.2) is 30.6 Å². The van der Waals surface area contributed by atoms with E-state index in [9.17, 15) is 4.79 Å². The van der Waals surface area contributed by atoms with Crippen molar-refractivity contribution in [2.24, 2.45) is 0 Å². The molecule has 0 spiro atoms. The van der Waals surface area contributed by atoms with Gasteiger partial charge in [0.15, 0.2) is 0 Å². The Bertz CT molecular complexity index is 647. The van der Waals surface area contributed by atoms with Crippen LogP contribution in [0.1, 0.15) is 27.0 Å². The summed E-state index contributed by atoms with van der Waals surface area (Å²) in [4.78, 5) is 15.7. The first kappa shape index (κ1) is 11.0. The van der Waals surface area contributed by atoms with Crippen LogP contribution in [0.2, 0.25) is 0 Å². The number of fused-ring (bicyclic) bond motifs is 3. The van der Waals surface area contributed by atoms with Gasteiger partial charge in [-0.2, -0.15) is 0 Å². The van der Waals surface area contributed by atoms with Crippen molar-refractivity contribution in [1.29, 1.82) is 0 Å². The Morgan fingerprint density at radius 3 is 2.89 bits per heavy atom. The number of pyridine rings is 1. The lowest BCUT2D eigenvalue weighted by molar-refractivity contribution is 0.0600. The number of esters is 1. The van der Waals surface area contributed by atoms with Crippen LogP contribution in [0.25, 0.3) is 11.1 Å². The molecule has 3 nitrogen and oxygen atoms in total. The Morgan fingerprint density at radius 2 is 2.11 bits per heavy atom. The molecule has 3 heteroatoms. The summed E-state index contributed by atoms with van der Waals surface area (Å²) in [6.07, 6.45) is 4.62. The Morgan fingerprint density at radius 1 is 1.28 bits per heavy atom. The summed E-state index contributed by atoms with van der Waals surface area (Å²) in [5.74, 6) is -0.288. The van der Waals surface area contributed by atoms with Crippen LogP contribution >= 0.6 is 0 Å². The number of hydrogen-bond donors (Lipinski definition) is 0. The summed E-state index contributed by atoms with van der Waals surface area (Å²) in [7, 11) is 1.40. The van der Waals surface area contributed by atoms with Crippen molar-refractivity contribution in [3.63, 3.8) is 0 Å². The summed E-state index contributed by atoms with van der Waals surface area (Å²) in [6, 6.07) is 5.74. The molecule has 2 aromatic rings. The van der Waals surface area contributed by atoms with E-state index in [-0.39, 0.29) is 5.97 Å². The molecule has 1 aromatic carbocycles. The summed E-state index contributed by atoms with van der Waals surface area (Å²) in [5, 5.41) is 0. The highest BCUT2D eigenvalue weighted by molar-refractivity contribution is 5.91. The van der Waals surface area contributed by atoms with Crippen LogP contribution in [0, 0.1) is 6.92 Å². The zero-order valence-corrected chi connectivity index (χ0v) is 10.4. The maximum absolute atomic E-state index is 11.5. The third-order valence-electron chi connectivity index (χ3n) is 3.39. The molecule has 0 bridgehead atoms. The predicted octanol–water partition coefficient (Wildman–Crippen LogP) is 2.75. The second kappa shape index (κ2) is 3.95. The summed E-state index contributed by atoms with van der Waals surface area (Å²) < 4.78 is 4.75. The average Bonchev–Trinajstić information content (AvgIpc) is 2.76. The standard InChI is InChI=1S/C15H13NO2/c1-9-7-16-8-12-6-11-5-10(15(17)18-2)3-4-13(11)14(9)12/h3-5,7-8H,6H2,1-2H3. The van der Waals surface area contributed by atoms with E-state index in [4.69, 9.17) is 4.74 Å².